The summed E-state index contributed by atoms with van der Waals surface area (Å²) >= 11 is 0. The summed E-state index contributed by atoms with van der Waals surface area (Å²) in [5.74, 6) is -0.878. The summed E-state index contributed by atoms with van der Waals surface area (Å²) in [5.41, 5.74) is 0.649. The molecule has 0 aliphatic carbocycles. The minimum atomic E-state index is -3.93. The summed E-state index contributed by atoms with van der Waals surface area (Å²) in [6.45, 7) is 2.95. The van der Waals surface area contributed by atoms with Gasteiger partial charge in [-0.3, -0.25) is 4.72 Å². The van der Waals surface area contributed by atoms with E-state index in [2.05, 4.69) is 9.44 Å². The highest BCUT2D eigenvalue weighted by Crippen LogP contribution is 2.24. The van der Waals surface area contributed by atoms with Crippen molar-refractivity contribution >= 4 is 31.7 Å². The number of carboxylic acid groups (broad SMARTS) is 1. The third-order valence-corrected chi connectivity index (χ3v) is 6.50. The van der Waals surface area contributed by atoms with Crippen LogP contribution in [0.15, 0.2) is 52.3 Å². The van der Waals surface area contributed by atoms with E-state index in [4.69, 9.17) is 9.84 Å². The molecule has 0 radical (unpaired) electrons. The number of anilines is 1. The molecule has 0 atom stereocenters. The molecule has 0 unspecified atom stereocenters. The molecule has 0 heterocycles. The van der Waals surface area contributed by atoms with Gasteiger partial charge in [-0.2, -0.15) is 0 Å². The van der Waals surface area contributed by atoms with Gasteiger partial charge in [-0.05, 0) is 55.0 Å². The fourth-order valence-corrected chi connectivity index (χ4v) is 4.46. The van der Waals surface area contributed by atoms with Crippen LogP contribution in [0.1, 0.15) is 12.5 Å². The zero-order valence-corrected chi connectivity index (χ0v) is 16.8. The monoisotopic (exact) mass is 428 g/mol. The van der Waals surface area contributed by atoms with E-state index in [9.17, 15) is 21.6 Å². The second-order valence-electron chi connectivity index (χ2n) is 5.74. The molecule has 0 fully saturated rings. The number of aliphatic carboxylic acids is 1. The van der Waals surface area contributed by atoms with Crippen molar-refractivity contribution in [3.63, 3.8) is 0 Å². The maximum absolute atomic E-state index is 12.5. The fraction of sp³-hybridized carbons (Fsp3) is 0.235. The number of benzene rings is 2. The van der Waals surface area contributed by atoms with Crippen molar-refractivity contribution in [1.82, 2.24) is 4.72 Å². The fourth-order valence-electron chi connectivity index (χ4n) is 2.28. The second kappa shape index (κ2) is 8.59. The summed E-state index contributed by atoms with van der Waals surface area (Å²) in [6.07, 6.45) is 0. The molecule has 2 aromatic carbocycles. The molecule has 0 bridgehead atoms. The number of rotatable bonds is 9. The number of sulfonamides is 2. The van der Waals surface area contributed by atoms with Crippen molar-refractivity contribution in [2.45, 2.75) is 23.6 Å². The van der Waals surface area contributed by atoms with Gasteiger partial charge in [0.2, 0.25) is 10.0 Å². The lowest BCUT2D eigenvalue weighted by Crippen LogP contribution is -2.23. The van der Waals surface area contributed by atoms with Crippen molar-refractivity contribution in [3.05, 3.63) is 48.0 Å². The molecular formula is C17H20N2O7S2. The van der Waals surface area contributed by atoms with Gasteiger partial charge in [0.25, 0.3) is 10.0 Å². The predicted octanol–water partition coefficient (Wildman–Crippen LogP) is 1.56. The summed E-state index contributed by atoms with van der Waals surface area (Å²) in [4.78, 5) is 10.5. The van der Waals surface area contributed by atoms with Gasteiger partial charge >= 0.3 is 5.97 Å². The third-order valence-electron chi connectivity index (χ3n) is 3.56. The van der Waals surface area contributed by atoms with Gasteiger partial charge < -0.3 is 9.84 Å². The lowest BCUT2D eigenvalue weighted by atomic mass is 10.2. The molecule has 0 spiro atoms. The molecule has 0 saturated carbocycles. The first-order valence-corrected chi connectivity index (χ1v) is 11.1. The molecule has 11 heteroatoms. The summed E-state index contributed by atoms with van der Waals surface area (Å²) in [5, 5.41) is 8.64. The number of hydrogen-bond acceptors (Lipinski definition) is 6. The highest BCUT2D eigenvalue weighted by molar-refractivity contribution is 7.92. The van der Waals surface area contributed by atoms with Crippen molar-refractivity contribution in [1.29, 1.82) is 0 Å². The molecule has 0 amide bonds. The van der Waals surface area contributed by atoms with Gasteiger partial charge in [-0.15, -0.1) is 0 Å². The molecule has 2 rings (SSSR count). The van der Waals surface area contributed by atoms with Crippen LogP contribution >= 0.6 is 0 Å². The smallest absolute Gasteiger partial charge is 0.341 e. The minimum absolute atomic E-state index is 0.0214. The zero-order valence-electron chi connectivity index (χ0n) is 15.2. The molecule has 0 aliphatic rings. The molecule has 0 saturated heterocycles. The maximum Gasteiger partial charge on any atom is 0.341 e. The van der Waals surface area contributed by atoms with Gasteiger partial charge in [0, 0.05) is 12.2 Å². The highest BCUT2D eigenvalue weighted by atomic mass is 32.2. The molecular weight excluding hydrogens is 408 g/mol. The average Bonchev–Trinajstić information content (AvgIpc) is 2.60. The minimum Gasteiger partial charge on any atom is -0.482 e. The Morgan fingerprint density at radius 3 is 2.14 bits per heavy atom. The van der Waals surface area contributed by atoms with E-state index in [1.807, 2.05) is 0 Å². The molecule has 0 aliphatic heterocycles. The molecule has 9 nitrogen and oxygen atoms in total. The zero-order chi connectivity index (χ0) is 20.9. The Hall–Kier alpha value is -2.63. The van der Waals surface area contributed by atoms with E-state index >= 15 is 0 Å². The standard InChI is InChI=1S/C17H20N2O7S2/c1-3-18-27(22,23)14-6-4-13(5-7-14)19-28(24,25)15-8-9-16(12(2)10-15)26-11-17(20)21/h4-10,18-19H,3,11H2,1-2H3,(H,20,21). The van der Waals surface area contributed by atoms with E-state index in [1.54, 1.807) is 13.8 Å². The normalized spacial score (nSPS) is 11.8. The van der Waals surface area contributed by atoms with Crippen LogP contribution in [0.3, 0.4) is 0 Å². The number of carboxylic acids is 1. The van der Waals surface area contributed by atoms with Crippen LogP contribution in [0, 0.1) is 6.92 Å². The lowest BCUT2D eigenvalue weighted by molar-refractivity contribution is -0.139. The Morgan fingerprint density at radius 2 is 1.61 bits per heavy atom. The number of ether oxygens (including phenoxy) is 1. The van der Waals surface area contributed by atoms with E-state index < -0.39 is 32.6 Å². The van der Waals surface area contributed by atoms with Crippen LogP contribution in [-0.4, -0.2) is 41.1 Å². The van der Waals surface area contributed by atoms with Gasteiger partial charge in [-0.1, -0.05) is 6.92 Å². The van der Waals surface area contributed by atoms with Gasteiger partial charge in [0.15, 0.2) is 6.61 Å². The Bertz CT molecular complexity index is 1060. The van der Waals surface area contributed by atoms with E-state index in [-0.39, 0.29) is 27.8 Å². The molecule has 28 heavy (non-hydrogen) atoms. The molecule has 3 N–H and O–H groups in total. The van der Waals surface area contributed by atoms with Gasteiger partial charge in [-0.25, -0.2) is 26.4 Å². The number of carbonyl (C=O) groups is 1. The lowest BCUT2D eigenvalue weighted by Gasteiger charge is -2.12. The second-order valence-corrected chi connectivity index (χ2v) is 9.19. The summed E-state index contributed by atoms with van der Waals surface area (Å²) < 4.78 is 58.7. The third kappa shape index (κ3) is 5.44. The van der Waals surface area contributed by atoms with E-state index in [1.165, 1.54) is 42.5 Å². The van der Waals surface area contributed by atoms with Crippen LogP contribution in [0.5, 0.6) is 5.75 Å². The Balaban J connectivity index is 2.19. The summed E-state index contributed by atoms with van der Waals surface area (Å²) in [6, 6.07) is 9.30. The molecule has 152 valence electrons. The quantitative estimate of drug-likeness (QED) is 0.551. The van der Waals surface area contributed by atoms with Crippen LogP contribution in [0.25, 0.3) is 0 Å². The first-order valence-electron chi connectivity index (χ1n) is 8.13. The SMILES string of the molecule is CCNS(=O)(=O)c1ccc(NS(=O)(=O)c2ccc(OCC(=O)O)c(C)c2)cc1. The number of aryl methyl sites for hydroxylation is 1. The Labute approximate surface area is 163 Å². The first kappa shape index (κ1) is 21.7. The number of hydrogen-bond donors (Lipinski definition) is 3. The van der Waals surface area contributed by atoms with Crippen molar-refractivity contribution in [3.8, 4) is 5.75 Å². The summed E-state index contributed by atoms with van der Waals surface area (Å²) in [7, 11) is -7.56. The Morgan fingerprint density at radius 1 is 1.00 bits per heavy atom. The maximum atomic E-state index is 12.5. The van der Waals surface area contributed by atoms with Crippen LogP contribution in [0.2, 0.25) is 0 Å². The average molecular weight is 428 g/mol. The Kier molecular flexibility index (Phi) is 6.65. The predicted molar refractivity (Wildman–Crippen MR) is 102 cm³/mol. The molecule has 0 aromatic heterocycles. The first-order chi connectivity index (χ1) is 13.0. The van der Waals surface area contributed by atoms with Crippen LogP contribution in [0.4, 0.5) is 5.69 Å². The topological polar surface area (TPSA) is 139 Å². The van der Waals surface area contributed by atoms with E-state index in [0.717, 1.165) is 0 Å². The van der Waals surface area contributed by atoms with Gasteiger partial charge in [0.05, 0.1) is 9.79 Å². The number of nitrogens with one attached hydrogen (secondary N) is 2. The van der Waals surface area contributed by atoms with Crippen LogP contribution < -0.4 is 14.2 Å². The highest BCUT2D eigenvalue weighted by Gasteiger charge is 2.17. The largest absolute Gasteiger partial charge is 0.482 e. The van der Waals surface area contributed by atoms with Crippen LogP contribution in [-0.2, 0) is 24.8 Å². The molecule has 2 aromatic rings. The van der Waals surface area contributed by atoms with Crippen molar-refractivity contribution in [2.75, 3.05) is 17.9 Å². The van der Waals surface area contributed by atoms with Gasteiger partial charge in [0.1, 0.15) is 5.75 Å². The van der Waals surface area contributed by atoms with E-state index in [0.29, 0.717) is 5.56 Å². The van der Waals surface area contributed by atoms with Crippen molar-refractivity contribution in [2.24, 2.45) is 0 Å². The van der Waals surface area contributed by atoms with Crippen molar-refractivity contribution < 1.29 is 31.5 Å².